The molecule has 1 atom stereocenters. The van der Waals surface area contributed by atoms with Gasteiger partial charge < -0.3 is 10.6 Å². The highest BCUT2D eigenvalue weighted by molar-refractivity contribution is 7.80. The molecule has 94 valence electrons. The van der Waals surface area contributed by atoms with E-state index < -0.39 is 0 Å². The first-order valence-corrected chi connectivity index (χ1v) is 6.33. The van der Waals surface area contributed by atoms with Crippen molar-refractivity contribution >= 4 is 34.7 Å². The van der Waals surface area contributed by atoms with Gasteiger partial charge >= 0.3 is 0 Å². The topological polar surface area (TPSA) is 41.1 Å². The van der Waals surface area contributed by atoms with E-state index >= 15 is 0 Å². The van der Waals surface area contributed by atoms with Gasteiger partial charge in [-0.3, -0.25) is 4.79 Å². The number of thiocarbonyl (C=S) groups is 1. The van der Waals surface area contributed by atoms with Crippen LogP contribution in [0.3, 0.4) is 0 Å². The predicted octanol–water partition coefficient (Wildman–Crippen LogP) is 2.72. The van der Waals surface area contributed by atoms with Crippen molar-refractivity contribution in [1.29, 1.82) is 0 Å². The van der Waals surface area contributed by atoms with Crippen LogP contribution in [0.4, 0.5) is 0 Å². The van der Waals surface area contributed by atoms with Crippen LogP contribution < -0.4 is 10.6 Å². The molecular formula is C13H13ClN2OS. The number of carbonyl (C=O) groups excluding carboxylic acids is 1. The fourth-order valence-electron chi connectivity index (χ4n) is 2.10. The second-order valence-corrected chi connectivity index (χ2v) is 4.96. The third-order valence-corrected chi connectivity index (χ3v) is 3.43. The summed E-state index contributed by atoms with van der Waals surface area (Å²) >= 11 is 11.3. The van der Waals surface area contributed by atoms with Crippen molar-refractivity contribution in [1.82, 2.24) is 10.6 Å². The lowest BCUT2D eigenvalue weighted by Gasteiger charge is -2.30. The minimum Gasteiger partial charge on any atom is -0.351 e. The van der Waals surface area contributed by atoms with E-state index in [0.29, 0.717) is 15.7 Å². The summed E-state index contributed by atoms with van der Waals surface area (Å²) in [7, 11) is 0. The molecule has 0 saturated carbocycles. The molecule has 0 spiro atoms. The number of hydrogen-bond donors (Lipinski definition) is 2. The Morgan fingerprint density at radius 3 is 2.67 bits per heavy atom. The van der Waals surface area contributed by atoms with E-state index in [9.17, 15) is 4.79 Å². The third kappa shape index (κ3) is 2.40. The molecule has 2 N–H and O–H groups in total. The number of benzene rings is 1. The number of nitrogens with one attached hydrogen (secondary N) is 2. The number of allylic oxidation sites excluding steroid dienone is 1. The van der Waals surface area contributed by atoms with Gasteiger partial charge in [-0.05, 0) is 37.7 Å². The lowest BCUT2D eigenvalue weighted by Crippen LogP contribution is -2.44. The first-order chi connectivity index (χ1) is 8.50. The largest absolute Gasteiger partial charge is 0.351 e. The molecule has 1 aliphatic rings. The molecule has 1 aromatic carbocycles. The molecule has 0 bridgehead atoms. The van der Waals surface area contributed by atoms with Crippen LogP contribution in [-0.4, -0.2) is 10.9 Å². The average Bonchev–Trinajstić information content (AvgIpc) is 2.27. The van der Waals surface area contributed by atoms with Crippen molar-refractivity contribution in [3.63, 3.8) is 0 Å². The Labute approximate surface area is 116 Å². The molecule has 0 unspecified atom stereocenters. The van der Waals surface area contributed by atoms with Gasteiger partial charge in [0.25, 0.3) is 0 Å². The maximum absolute atomic E-state index is 11.8. The minimum atomic E-state index is -0.287. The van der Waals surface area contributed by atoms with Gasteiger partial charge in [0, 0.05) is 16.3 Å². The van der Waals surface area contributed by atoms with Crippen LogP contribution in [0.25, 0.3) is 0 Å². The van der Waals surface area contributed by atoms with Crippen LogP contribution >= 0.6 is 23.8 Å². The number of halogens is 1. The molecule has 0 radical (unpaired) electrons. The summed E-state index contributed by atoms with van der Waals surface area (Å²) in [5.41, 5.74) is 2.29. The molecule has 0 aromatic heterocycles. The molecule has 5 heteroatoms. The Hall–Kier alpha value is -1.39. The molecule has 0 saturated heterocycles. The van der Waals surface area contributed by atoms with Crippen molar-refractivity contribution in [2.45, 2.75) is 19.9 Å². The maximum Gasteiger partial charge on any atom is 0.171 e. The third-order valence-electron chi connectivity index (χ3n) is 2.86. The Kier molecular flexibility index (Phi) is 3.68. The predicted molar refractivity (Wildman–Crippen MR) is 76.4 cm³/mol. The smallest absolute Gasteiger partial charge is 0.171 e. The summed E-state index contributed by atoms with van der Waals surface area (Å²) in [6.45, 7) is 3.38. The number of hydrogen-bond acceptors (Lipinski definition) is 2. The molecule has 1 heterocycles. The second kappa shape index (κ2) is 5.08. The number of ketones is 1. The van der Waals surface area contributed by atoms with Crippen LogP contribution in [-0.2, 0) is 4.79 Å². The summed E-state index contributed by atoms with van der Waals surface area (Å²) < 4.78 is 0. The van der Waals surface area contributed by atoms with E-state index in [0.717, 1.165) is 11.3 Å². The zero-order valence-corrected chi connectivity index (χ0v) is 11.7. The minimum absolute atomic E-state index is 0.0000743. The van der Waals surface area contributed by atoms with E-state index in [1.807, 2.05) is 25.1 Å². The van der Waals surface area contributed by atoms with Crippen LogP contribution in [0.2, 0.25) is 5.02 Å². The first kappa shape index (κ1) is 13.1. The van der Waals surface area contributed by atoms with Crippen molar-refractivity contribution < 1.29 is 4.79 Å². The second-order valence-electron chi connectivity index (χ2n) is 4.15. The normalized spacial score (nSPS) is 19.3. The van der Waals surface area contributed by atoms with Gasteiger partial charge in [0.2, 0.25) is 0 Å². The van der Waals surface area contributed by atoms with Crippen molar-refractivity contribution in [3.05, 3.63) is 46.1 Å². The molecular weight excluding hydrogens is 268 g/mol. The highest BCUT2D eigenvalue weighted by Gasteiger charge is 2.28. The molecule has 3 nitrogen and oxygen atoms in total. The molecule has 0 aliphatic carbocycles. The summed E-state index contributed by atoms with van der Waals surface area (Å²) in [6, 6.07) is 7.15. The van der Waals surface area contributed by atoms with Crippen molar-refractivity contribution in [2.24, 2.45) is 0 Å². The zero-order valence-electron chi connectivity index (χ0n) is 10.1. The lowest BCUT2D eigenvalue weighted by atomic mass is 9.93. The van der Waals surface area contributed by atoms with Crippen LogP contribution in [0.5, 0.6) is 0 Å². The quantitative estimate of drug-likeness (QED) is 0.818. The number of rotatable bonds is 2. The van der Waals surface area contributed by atoms with Gasteiger partial charge in [-0.1, -0.05) is 29.8 Å². The average molecular weight is 281 g/mol. The fourth-order valence-corrected chi connectivity index (χ4v) is 2.62. The van der Waals surface area contributed by atoms with Crippen molar-refractivity contribution in [2.75, 3.05) is 0 Å². The monoisotopic (exact) mass is 280 g/mol. The highest BCUT2D eigenvalue weighted by Crippen LogP contribution is 2.31. The van der Waals surface area contributed by atoms with E-state index in [-0.39, 0.29) is 11.8 Å². The fraction of sp³-hybridized carbons (Fsp3) is 0.231. The number of Topliss-reactive ketones (excluding diaryl/α,β-unsaturated/α-hetero) is 1. The van der Waals surface area contributed by atoms with Crippen LogP contribution in [0.15, 0.2) is 35.5 Å². The van der Waals surface area contributed by atoms with E-state index in [1.54, 1.807) is 13.0 Å². The Morgan fingerprint density at radius 1 is 1.39 bits per heavy atom. The SMILES string of the molecule is CC(=O)C1=C(C)NC(=S)N[C@@H]1c1ccccc1Cl. The van der Waals surface area contributed by atoms with E-state index in [2.05, 4.69) is 10.6 Å². The Morgan fingerprint density at radius 2 is 2.06 bits per heavy atom. The van der Waals surface area contributed by atoms with Gasteiger partial charge in [-0.15, -0.1) is 0 Å². The maximum atomic E-state index is 11.8. The standard InChI is InChI=1S/C13H13ClN2OS/c1-7-11(8(2)17)12(16-13(18)15-7)9-5-3-4-6-10(9)14/h3-6,12H,1-2H3,(H2,15,16,18)/t12-/m1/s1. The van der Waals surface area contributed by atoms with Crippen LogP contribution in [0.1, 0.15) is 25.5 Å². The molecule has 1 aromatic rings. The molecule has 2 rings (SSSR count). The lowest BCUT2D eigenvalue weighted by molar-refractivity contribution is -0.114. The van der Waals surface area contributed by atoms with E-state index in [1.165, 1.54) is 0 Å². The zero-order chi connectivity index (χ0) is 13.3. The Bertz CT molecular complexity index is 554. The highest BCUT2D eigenvalue weighted by atomic mass is 35.5. The van der Waals surface area contributed by atoms with Crippen molar-refractivity contribution in [3.8, 4) is 0 Å². The van der Waals surface area contributed by atoms with Gasteiger partial charge in [-0.25, -0.2) is 0 Å². The summed E-state index contributed by atoms with van der Waals surface area (Å²) in [6.07, 6.45) is 0. The van der Waals surface area contributed by atoms with Crippen LogP contribution in [0, 0.1) is 0 Å². The number of carbonyl (C=O) groups is 1. The van der Waals surface area contributed by atoms with Gasteiger partial charge in [0.15, 0.2) is 10.9 Å². The first-order valence-electron chi connectivity index (χ1n) is 5.54. The molecule has 1 aliphatic heterocycles. The van der Waals surface area contributed by atoms with Gasteiger partial charge in [0.05, 0.1) is 6.04 Å². The summed E-state index contributed by atoms with van der Waals surface area (Å²) in [4.78, 5) is 11.8. The molecule has 0 fully saturated rings. The van der Waals surface area contributed by atoms with Gasteiger partial charge in [-0.2, -0.15) is 0 Å². The summed E-state index contributed by atoms with van der Waals surface area (Å²) in [5.74, 6) is -0.0000743. The van der Waals surface area contributed by atoms with E-state index in [4.69, 9.17) is 23.8 Å². The Balaban J connectivity index is 2.54. The molecule has 0 amide bonds. The molecule has 18 heavy (non-hydrogen) atoms. The summed E-state index contributed by atoms with van der Waals surface area (Å²) in [5, 5.41) is 7.18. The van der Waals surface area contributed by atoms with Gasteiger partial charge in [0.1, 0.15) is 0 Å².